The molecule has 18 heavy (non-hydrogen) atoms. The van der Waals surface area contributed by atoms with Gasteiger partial charge in [-0.15, -0.1) is 0 Å². The fourth-order valence-electron chi connectivity index (χ4n) is 1.56. The average molecular weight is 242 g/mol. The third kappa shape index (κ3) is 3.55. The van der Waals surface area contributed by atoms with Crippen molar-refractivity contribution in [1.82, 2.24) is 9.97 Å². The molecule has 0 aliphatic heterocycles. The van der Waals surface area contributed by atoms with E-state index >= 15 is 0 Å². The lowest BCUT2D eigenvalue weighted by molar-refractivity contribution is -0.116. The molecule has 92 valence electrons. The molecule has 1 heterocycles. The molecule has 0 bridgehead atoms. The lowest BCUT2D eigenvalue weighted by atomic mass is 10.1. The van der Waals surface area contributed by atoms with Crippen LogP contribution in [0.25, 0.3) is 0 Å². The highest BCUT2D eigenvalue weighted by Gasteiger charge is 2.04. The monoisotopic (exact) mass is 242 g/mol. The van der Waals surface area contributed by atoms with Crippen molar-refractivity contribution in [2.45, 2.75) is 12.8 Å². The topological polar surface area (TPSA) is 80.9 Å². The van der Waals surface area contributed by atoms with Crippen LogP contribution in [0, 0.1) is 0 Å². The van der Waals surface area contributed by atoms with Crippen LogP contribution in [0.1, 0.15) is 12.0 Å². The summed E-state index contributed by atoms with van der Waals surface area (Å²) >= 11 is 0. The van der Waals surface area contributed by atoms with Gasteiger partial charge >= 0.3 is 0 Å². The van der Waals surface area contributed by atoms with Gasteiger partial charge in [-0.05, 0) is 30.2 Å². The van der Waals surface area contributed by atoms with Gasteiger partial charge in [-0.2, -0.15) is 0 Å². The van der Waals surface area contributed by atoms with Gasteiger partial charge in [-0.25, -0.2) is 9.97 Å². The van der Waals surface area contributed by atoms with Crippen molar-refractivity contribution in [3.8, 4) is 0 Å². The molecule has 1 aromatic carbocycles. The Morgan fingerprint density at radius 3 is 2.72 bits per heavy atom. The highest BCUT2D eigenvalue weighted by atomic mass is 16.1. The summed E-state index contributed by atoms with van der Waals surface area (Å²) in [7, 11) is 0. The normalized spacial score (nSPS) is 10.0. The van der Waals surface area contributed by atoms with Gasteiger partial charge in [0.1, 0.15) is 0 Å². The Morgan fingerprint density at radius 1 is 1.22 bits per heavy atom. The number of nitrogens with one attached hydrogen (secondary N) is 1. The number of aromatic nitrogens is 2. The van der Waals surface area contributed by atoms with Crippen LogP contribution >= 0.6 is 0 Å². The molecule has 1 aromatic heterocycles. The number of carbonyl (C=O) groups is 1. The molecule has 5 heteroatoms. The minimum Gasteiger partial charge on any atom is -0.399 e. The maximum absolute atomic E-state index is 11.6. The standard InChI is InChI=1S/C13H14N4O/c14-11-4-1-3-10(9-11)5-6-12(18)17-13-15-7-2-8-16-13/h1-4,7-9H,5-6,14H2,(H,15,16,17,18). The second kappa shape index (κ2) is 5.77. The van der Waals surface area contributed by atoms with Crippen LogP contribution < -0.4 is 11.1 Å². The summed E-state index contributed by atoms with van der Waals surface area (Å²) < 4.78 is 0. The number of hydrogen-bond donors (Lipinski definition) is 2. The van der Waals surface area contributed by atoms with E-state index in [1.165, 1.54) is 0 Å². The molecule has 3 N–H and O–H groups in total. The predicted octanol–water partition coefficient (Wildman–Crippen LogP) is 1.63. The minimum atomic E-state index is -0.108. The number of carbonyl (C=O) groups excluding carboxylic acids is 1. The second-order valence-electron chi connectivity index (χ2n) is 3.87. The largest absolute Gasteiger partial charge is 0.399 e. The highest BCUT2D eigenvalue weighted by molar-refractivity contribution is 5.88. The van der Waals surface area contributed by atoms with E-state index in [2.05, 4.69) is 15.3 Å². The zero-order valence-electron chi connectivity index (χ0n) is 9.84. The highest BCUT2D eigenvalue weighted by Crippen LogP contribution is 2.09. The number of nitrogen functional groups attached to an aromatic ring is 1. The van der Waals surface area contributed by atoms with Crippen molar-refractivity contribution in [3.63, 3.8) is 0 Å². The maximum atomic E-state index is 11.6. The fourth-order valence-corrected chi connectivity index (χ4v) is 1.56. The van der Waals surface area contributed by atoms with Gasteiger partial charge in [0, 0.05) is 24.5 Å². The molecule has 0 spiro atoms. The molecule has 1 amide bonds. The summed E-state index contributed by atoms with van der Waals surface area (Å²) in [6.07, 6.45) is 4.19. The molecule has 0 fully saturated rings. The second-order valence-corrected chi connectivity index (χ2v) is 3.87. The molecule has 0 unspecified atom stereocenters. The summed E-state index contributed by atoms with van der Waals surface area (Å²) in [6, 6.07) is 9.21. The molecule has 0 saturated carbocycles. The first-order valence-electron chi connectivity index (χ1n) is 5.65. The number of amides is 1. The van der Waals surface area contributed by atoms with Crippen molar-refractivity contribution >= 4 is 17.5 Å². The Hall–Kier alpha value is -2.43. The molecule has 2 rings (SSSR count). The van der Waals surface area contributed by atoms with Crippen LogP contribution in [0.5, 0.6) is 0 Å². The van der Waals surface area contributed by atoms with Gasteiger partial charge in [0.05, 0.1) is 0 Å². The number of anilines is 2. The van der Waals surface area contributed by atoms with Crippen molar-refractivity contribution in [2.24, 2.45) is 0 Å². The van der Waals surface area contributed by atoms with Crippen molar-refractivity contribution in [2.75, 3.05) is 11.1 Å². The van der Waals surface area contributed by atoms with Crippen LogP contribution in [-0.2, 0) is 11.2 Å². The van der Waals surface area contributed by atoms with E-state index in [1.807, 2.05) is 24.3 Å². The average Bonchev–Trinajstić information content (AvgIpc) is 2.38. The predicted molar refractivity (Wildman–Crippen MR) is 69.8 cm³/mol. The fraction of sp³-hybridized carbons (Fsp3) is 0.154. The maximum Gasteiger partial charge on any atom is 0.229 e. The Kier molecular flexibility index (Phi) is 3.86. The van der Waals surface area contributed by atoms with E-state index in [-0.39, 0.29) is 5.91 Å². The van der Waals surface area contributed by atoms with Gasteiger partial charge in [0.25, 0.3) is 0 Å². The van der Waals surface area contributed by atoms with E-state index in [0.29, 0.717) is 24.5 Å². The van der Waals surface area contributed by atoms with Crippen LogP contribution in [0.2, 0.25) is 0 Å². The number of rotatable bonds is 4. The van der Waals surface area contributed by atoms with Crippen LogP contribution in [-0.4, -0.2) is 15.9 Å². The van der Waals surface area contributed by atoms with Gasteiger partial charge in [0.15, 0.2) is 0 Å². The van der Waals surface area contributed by atoms with E-state index < -0.39 is 0 Å². The van der Waals surface area contributed by atoms with Crippen molar-refractivity contribution < 1.29 is 4.79 Å². The van der Waals surface area contributed by atoms with E-state index in [1.54, 1.807) is 18.5 Å². The molecule has 0 saturated heterocycles. The Labute approximate surface area is 105 Å². The Balaban J connectivity index is 1.85. The van der Waals surface area contributed by atoms with Crippen LogP contribution in [0.4, 0.5) is 11.6 Å². The van der Waals surface area contributed by atoms with Crippen LogP contribution in [0.3, 0.4) is 0 Å². The lowest BCUT2D eigenvalue weighted by Crippen LogP contribution is -2.14. The first-order valence-corrected chi connectivity index (χ1v) is 5.65. The summed E-state index contributed by atoms with van der Waals surface area (Å²) in [6.45, 7) is 0. The number of nitrogens with two attached hydrogens (primary N) is 1. The molecule has 0 atom stereocenters. The Bertz CT molecular complexity index is 528. The van der Waals surface area contributed by atoms with Gasteiger partial charge in [-0.1, -0.05) is 12.1 Å². The third-order valence-electron chi connectivity index (χ3n) is 2.41. The zero-order valence-corrected chi connectivity index (χ0v) is 9.84. The smallest absolute Gasteiger partial charge is 0.229 e. The first-order chi connectivity index (χ1) is 8.74. The van der Waals surface area contributed by atoms with Gasteiger partial charge in [0.2, 0.25) is 11.9 Å². The number of nitrogens with zero attached hydrogens (tertiary/aromatic N) is 2. The molecule has 2 aromatic rings. The minimum absolute atomic E-state index is 0.108. The summed E-state index contributed by atoms with van der Waals surface area (Å²) in [5, 5.41) is 2.63. The summed E-state index contributed by atoms with van der Waals surface area (Å²) in [5.74, 6) is 0.221. The number of hydrogen-bond acceptors (Lipinski definition) is 4. The zero-order chi connectivity index (χ0) is 12.8. The number of benzene rings is 1. The van der Waals surface area contributed by atoms with E-state index in [9.17, 15) is 4.79 Å². The third-order valence-corrected chi connectivity index (χ3v) is 2.41. The quantitative estimate of drug-likeness (QED) is 0.798. The SMILES string of the molecule is Nc1cccc(CCC(=O)Nc2ncccn2)c1. The molecule has 0 radical (unpaired) electrons. The molecule has 5 nitrogen and oxygen atoms in total. The van der Waals surface area contributed by atoms with Crippen LogP contribution in [0.15, 0.2) is 42.7 Å². The summed E-state index contributed by atoms with van der Waals surface area (Å²) in [5.41, 5.74) is 7.42. The van der Waals surface area contributed by atoms with Gasteiger partial charge < -0.3 is 5.73 Å². The van der Waals surface area contributed by atoms with Crippen molar-refractivity contribution in [3.05, 3.63) is 48.3 Å². The lowest BCUT2D eigenvalue weighted by Gasteiger charge is -2.04. The first kappa shape index (κ1) is 12.0. The Morgan fingerprint density at radius 2 is 2.00 bits per heavy atom. The molecular weight excluding hydrogens is 228 g/mol. The van der Waals surface area contributed by atoms with Crippen molar-refractivity contribution in [1.29, 1.82) is 0 Å². The molecule has 0 aliphatic carbocycles. The number of aryl methyl sites for hydroxylation is 1. The molecular formula is C13H14N4O. The summed E-state index contributed by atoms with van der Waals surface area (Å²) in [4.78, 5) is 19.5. The van der Waals surface area contributed by atoms with Gasteiger partial charge in [-0.3, -0.25) is 10.1 Å². The van der Waals surface area contributed by atoms with E-state index in [0.717, 1.165) is 5.56 Å². The molecule has 0 aliphatic rings. The van der Waals surface area contributed by atoms with E-state index in [4.69, 9.17) is 5.73 Å².